The first kappa shape index (κ1) is 16.8. The van der Waals surface area contributed by atoms with Gasteiger partial charge in [-0.15, -0.1) is 0 Å². The van der Waals surface area contributed by atoms with E-state index in [0.29, 0.717) is 0 Å². The second-order valence-corrected chi connectivity index (χ2v) is 7.35. The van der Waals surface area contributed by atoms with Crippen LogP contribution in [0.25, 0.3) is 22.1 Å². The van der Waals surface area contributed by atoms with Crippen molar-refractivity contribution >= 4 is 16.5 Å². The molecule has 0 atom stereocenters. The van der Waals surface area contributed by atoms with E-state index in [9.17, 15) is 4.79 Å². The molecule has 5 nitrogen and oxygen atoms in total. The van der Waals surface area contributed by atoms with Crippen LogP contribution < -0.4 is 10.5 Å². The normalized spacial score (nSPS) is 13.7. The number of fused-ring (bicyclic) bond motifs is 1. The van der Waals surface area contributed by atoms with Gasteiger partial charge in [0.05, 0.1) is 17.3 Å². The Hall–Kier alpha value is -3.34. The van der Waals surface area contributed by atoms with Gasteiger partial charge in [-0.2, -0.15) is 9.78 Å². The van der Waals surface area contributed by atoms with Crippen molar-refractivity contribution in [3.63, 3.8) is 0 Å². The summed E-state index contributed by atoms with van der Waals surface area (Å²) in [4.78, 5) is 15.6. The summed E-state index contributed by atoms with van der Waals surface area (Å²) in [5.41, 5.74) is 5.01. The summed E-state index contributed by atoms with van der Waals surface area (Å²) >= 11 is 0. The first-order valence-electron chi connectivity index (χ1n) is 9.66. The number of nitrogens with zero attached hydrogens (tertiary/aromatic N) is 4. The van der Waals surface area contributed by atoms with Crippen LogP contribution in [0.3, 0.4) is 0 Å². The number of aromatic nitrogens is 3. The van der Waals surface area contributed by atoms with Gasteiger partial charge >= 0.3 is 0 Å². The van der Waals surface area contributed by atoms with E-state index in [4.69, 9.17) is 0 Å². The molecule has 1 saturated heterocycles. The van der Waals surface area contributed by atoms with E-state index in [-0.39, 0.29) is 5.56 Å². The summed E-state index contributed by atoms with van der Waals surface area (Å²) in [6, 6.07) is 18.1. The third kappa shape index (κ3) is 2.47. The van der Waals surface area contributed by atoms with Gasteiger partial charge in [0.25, 0.3) is 5.56 Å². The molecule has 0 bridgehead atoms. The molecule has 0 unspecified atom stereocenters. The minimum atomic E-state index is -0.0815. The van der Waals surface area contributed by atoms with Gasteiger partial charge in [-0.3, -0.25) is 4.79 Å². The first-order valence-corrected chi connectivity index (χ1v) is 9.66. The average molecular weight is 370 g/mol. The minimum Gasteiger partial charge on any atom is -0.371 e. The molecule has 28 heavy (non-hydrogen) atoms. The average Bonchev–Trinajstić information content (AvgIpc) is 2.93. The molecule has 5 rings (SSSR count). The van der Waals surface area contributed by atoms with Crippen molar-refractivity contribution in [3.05, 3.63) is 82.5 Å². The molecule has 0 aliphatic carbocycles. The lowest BCUT2D eigenvalue weighted by Gasteiger charge is -2.33. The fourth-order valence-corrected chi connectivity index (χ4v) is 4.10. The highest BCUT2D eigenvalue weighted by Gasteiger charge is 2.19. The van der Waals surface area contributed by atoms with Crippen molar-refractivity contribution in [2.75, 3.05) is 18.0 Å². The summed E-state index contributed by atoms with van der Waals surface area (Å²) in [5, 5.41) is 6.07. The maximum absolute atomic E-state index is 13.3. The van der Waals surface area contributed by atoms with E-state index in [1.54, 1.807) is 0 Å². The van der Waals surface area contributed by atoms with Crippen LogP contribution in [0.2, 0.25) is 0 Å². The van der Waals surface area contributed by atoms with Gasteiger partial charge in [0, 0.05) is 41.2 Å². The first-order chi connectivity index (χ1) is 13.6. The van der Waals surface area contributed by atoms with E-state index in [2.05, 4.69) is 45.8 Å². The molecule has 0 spiro atoms. The molecule has 1 fully saturated rings. The third-order valence-corrected chi connectivity index (χ3v) is 5.71. The molecule has 2 aromatic carbocycles. The van der Waals surface area contributed by atoms with E-state index >= 15 is 0 Å². The van der Waals surface area contributed by atoms with Gasteiger partial charge in [0.1, 0.15) is 0 Å². The molecule has 1 aliphatic heterocycles. The van der Waals surface area contributed by atoms with Crippen molar-refractivity contribution in [2.45, 2.75) is 20.3 Å². The predicted molar refractivity (Wildman–Crippen MR) is 113 cm³/mol. The van der Waals surface area contributed by atoms with Crippen LogP contribution in [0.15, 0.2) is 65.6 Å². The highest BCUT2D eigenvalue weighted by Crippen LogP contribution is 2.29. The number of hydrogen-bond acceptors (Lipinski definition) is 3. The number of rotatable bonds is 3. The quantitative estimate of drug-likeness (QED) is 0.547. The van der Waals surface area contributed by atoms with Gasteiger partial charge in [0.2, 0.25) is 0 Å². The Labute approximate surface area is 163 Å². The van der Waals surface area contributed by atoms with Crippen molar-refractivity contribution in [1.29, 1.82) is 0 Å². The SMILES string of the molecule is Cc1c2cnn(-c3ccccc3)c(=O)c2c(C)n1-c1cccc(N2CCC2)c1. The molecule has 4 aromatic rings. The smallest absolute Gasteiger partial charge is 0.281 e. The number of benzene rings is 2. The Kier molecular flexibility index (Phi) is 3.83. The minimum absolute atomic E-state index is 0.0815. The lowest BCUT2D eigenvalue weighted by Crippen LogP contribution is -2.36. The molecule has 0 radical (unpaired) electrons. The topological polar surface area (TPSA) is 43.1 Å². The molecular weight excluding hydrogens is 348 g/mol. The van der Waals surface area contributed by atoms with Crippen LogP contribution >= 0.6 is 0 Å². The van der Waals surface area contributed by atoms with Crippen LogP contribution in [0.5, 0.6) is 0 Å². The van der Waals surface area contributed by atoms with Gasteiger partial charge < -0.3 is 9.47 Å². The van der Waals surface area contributed by atoms with Gasteiger partial charge in [-0.1, -0.05) is 24.3 Å². The summed E-state index contributed by atoms with van der Waals surface area (Å²) in [7, 11) is 0. The third-order valence-electron chi connectivity index (χ3n) is 5.71. The molecule has 1 aliphatic rings. The second kappa shape index (κ2) is 6.37. The monoisotopic (exact) mass is 370 g/mol. The van der Waals surface area contributed by atoms with E-state index in [0.717, 1.165) is 46.6 Å². The molecule has 3 heterocycles. The zero-order chi connectivity index (χ0) is 19.3. The summed E-state index contributed by atoms with van der Waals surface area (Å²) in [6.45, 7) is 6.30. The summed E-state index contributed by atoms with van der Waals surface area (Å²) < 4.78 is 3.65. The van der Waals surface area contributed by atoms with Crippen LogP contribution in [-0.4, -0.2) is 27.4 Å². The molecule has 0 amide bonds. The van der Waals surface area contributed by atoms with Crippen molar-refractivity contribution in [1.82, 2.24) is 14.3 Å². The molecular formula is C23H22N4O. The number of aryl methyl sites for hydroxylation is 2. The lowest BCUT2D eigenvalue weighted by molar-refractivity contribution is 0.617. The highest BCUT2D eigenvalue weighted by molar-refractivity contribution is 5.88. The van der Waals surface area contributed by atoms with Crippen LogP contribution in [0.4, 0.5) is 5.69 Å². The number of para-hydroxylation sites is 1. The Bertz CT molecular complexity index is 1230. The predicted octanol–water partition coefficient (Wildman–Crippen LogP) is 4.00. The van der Waals surface area contributed by atoms with E-state index in [1.807, 2.05) is 43.5 Å². The van der Waals surface area contributed by atoms with E-state index < -0.39 is 0 Å². The maximum Gasteiger partial charge on any atom is 0.281 e. The molecule has 5 heteroatoms. The van der Waals surface area contributed by atoms with Crippen LogP contribution in [0, 0.1) is 13.8 Å². The molecule has 0 N–H and O–H groups in total. The van der Waals surface area contributed by atoms with Crippen molar-refractivity contribution in [2.24, 2.45) is 0 Å². The standard InChI is InChI=1S/C23H22N4O/c1-16-21-15-24-27(18-8-4-3-5-9-18)23(28)22(21)17(2)26(16)20-11-6-10-19(14-20)25-12-7-13-25/h3-6,8-11,14-15H,7,12-13H2,1-2H3. The van der Waals surface area contributed by atoms with Gasteiger partial charge in [-0.05, 0) is 50.6 Å². The Morgan fingerprint density at radius 3 is 2.29 bits per heavy atom. The fraction of sp³-hybridized carbons (Fsp3) is 0.217. The molecule has 0 saturated carbocycles. The van der Waals surface area contributed by atoms with Gasteiger partial charge in [-0.25, -0.2) is 0 Å². The molecule has 2 aromatic heterocycles. The molecule has 140 valence electrons. The second-order valence-electron chi connectivity index (χ2n) is 7.35. The number of anilines is 1. The zero-order valence-corrected chi connectivity index (χ0v) is 16.1. The highest BCUT2D eigenvalue weighted by atomic mass is 16.1. The van der Waals surface area contributed by atoms with Crippen LogP contribution in [0.1, 0.15) is 17.8 Å². The van der Waals surface area contributed by atoms with Crippen molar-refractivity contribution in [3.8, 4) is 11.4 Å². The van der Waals surface area contributed by atoms with Crippen LogP contribution in [-0.2, 0) is 0 Å². The lowest BCUT2D eigenvalue weighted by atomic mass is 10.1. The van der Waals surface area contributed by atoms with E-state index in [1.165, 1.54) is 16.8 Å². The maximum atomic E-state index is 13.3. The number of hydrogen-bond donors (Lipinski definition) is 0. The Balaban J connectivity index is 1.71. The summed E-state index contributed by atoms with van der Waals surface area (Å²) in [6.07, 6.45) is 3.06. The zero-order valence-electron chi connectivity index (χ0n) is 16.1. The largest absolute Gasteiger partial charge is 0.371 e. The Morgan fingerprint density at radius 2 is 1.57 bits per heavy atom. The van der Waals surface area contributed by atoms with Gasteiger partial charge in [0.15, 0.2) is 0 Å². The van der Waals surface area contributed by atoms with Crippen molar-refractivity contribution < 1.29 is 0 Å². The summed E-state index contributed by atoms with van der Waals surface area (Å²) in [5.74, 6) is 0. The Morgan fingerprint density at radius 1 is 0.857 bits per heavy atom. The fourth-order valence-electron chi connectivity index (χ4n) is 4.10.